The van der Waals surface area contributed by atoms with Crippen molar-refractivity contribution in [3.63, 3.8) is 0 Å². The normalized spacial score (nSPS) is 12.2. The fourth-order valence-corrected chi connectivity index (χ4v) is 2.27. The third kappa shape index (κ3) is 2.73. The Hall–Kier alpha value is -1.76. The molecule has 1 nitrogen and oxygen atoms in total. The molecule has 2 aromatic rings. The minimum atomic E-state index is 0.331. The van der Waals surface area contributed by atoms with Gasteiger partial charge >= 0.3 is 0 Å². The number of rotatable bonds is 4. The van der Waals surface area contributed by atoms with Crippen LogP contribution in [0.2, 0.25) is 0 Å². The Balaban J connectivity index is 2.24. The van der Waals surface area contributed by atoms with Crippen LogP contribution in [0.15, 0.2) is 48.5 Å². The lowest BCUT2D eigenvalue weighted by Gasteiger charge is -2.20. The zero-order valence-corrected chi connectivity index (χ0v) is 11.4. The van der Waals surface area contributed by atoms with Crippen LogP contribution in [0, 0.1) is 6.92 Å². The second-order valence-corrected chi connectivity index (χ2v) is 4.74. The molecule has 94 valence electrons. The van der Waals surface area contributed by atoms with Crippen LogP contribution < -0.4 is 5.32 Å². The maximum Gasteiger partial charge on any atom is 0.0485 e. The Morgan fingerprint density at radius 3 is 2.39 bits per heavy atom. The van der Waals surface area contributed by atoms with E-state index in [1.165, 1.54) is 22.4 Å². The highest BCUT2D eigenvalue weighted by molar-refractivity contribution is 5.58. The minimum absolute atomic E-state index is 0.331. The van der Waals surface area contributed by atoms with Gasteiger partial charge in [0.15, 0.2) is 0 Å². The molecule has 0 fully saturated rings. The highest BCUT2D eigenvalue weighted by Gasteiger charge is 2.09. The van der Waals surface area contributed by atoms with E-state index in [2.05, 4.69) is 74.6 Å². The highest BCUT2D eigenvalue weighted by atomic mass is 14.9. The van der Waals surface area contributed by atoms with E-state index in [9.17, 15) is 0 Å². The van der Waals surface area contributed by atoms with Gasteiger partial charge in [-0.2, -0.15) is 0 Å². The van der Waals surface area contributed by atoms with E-state index in [0.29, 0.717) is 6.04 Å². The van der Waals surface area contributed by atoms with Crippen molar-refractivity contribution in [1.29, 1.82) is 0 Å². The van der Waals surface area contributed by atoms with Gasteiger partial charge in [0.25, 0.3) is 0 Å². The molecule has 2 aromatic carbocycles. The van der Waals surface area contributed by atoms with Gasteiger partial charge in [-0.1, -0.05) is 55.5 Å². The second kappa shape index (κ2) is 5.72. The molecule has 0 aliphatic rings. The molecule has 0 spiro atoms. The van der Waals surface area contributed by atoms with E-state index in [-0.39, 0.29) is 0 Å². The van der Waals surface area contributed by atoms with Crippen molar-refractivity contribution in [2.45, 2.75) is 33.2 Å². The van der Waals surface area contributed by atoms with Crippen molar-refractivity contribution in [2.75, 3.05) is 5.32 Å². The molecule has 2 rings (SSSR count). The molecule has 1 heteroatoms. The molecule has 18 heavy (non-hydrogen) atoms. The first-order valence-corrected chi connectivity index (χ1v) is 6.62. The molecule has 0 saturated heterocycles. The molecular weight excluding hydrogens is 218 g/mol. The molecule has 0 aliphatic heterocycles. The number of hydrogen-bond acceptors (Lipinski definition) is 1. The lowest BCUT2D eigenvalue weighted by atomic mass is 10.0. The van der Waals surface area contributed by atoms with Crippen molar-refractivity contribution >= 4 is 5.69 Å². The third-order valence-corrected chi connectivity index (χ3v) is 3.40. The maximum absolute atomic E-state index is 3.65. The third-order valence-electron chi connectivity index (χ3n) is 3.40. The molecule has 0 aliphatic carbocycles. The van der Waals surface area contributed by atoms with Crippen molar-refractivity contribution in [1.82, 2.24) is 0 Å². The maximum atomic E-state index is 3.65. The highest BCUT2D eigenvalue weighted by Crippen LogP contribution is 2.26. The second-order valence-electron chi connectivity index (χ2n) is 4.74. The standard InChI is InChI=1S/C17H21N/c1-4-15-12-8-9-13(2)17(15)18-14(3)16-10-6-5-7-11-16/h5-12,14,18H,4H2,1-3H3. The Morgan fingerprint density at radius 1 is 1.00 bits per heavy atom. The van der Waals surface area contributed by atoms with Gasteiger partial charge in [0, 0.05) is 11.7 Å². The molecule has 1 N–H and O–H groups in total. The first-order valence-electron chi connectivity index (χ1n) is 6.62. The van der Waals surface area contributed by atoms with Crippen LogP contribution in [-0.4, -0.2) is 0 Å². The molecule has 0 radical (unpaired) electrons. The van der Waals surface area contributed by atoms with E-state index >= 15 is 0 Å². The van der Waals surface area contributed by atoms with Gasteiger partial charge in [-0.05, 0) is 37.0 Å². The Morgan fingerprint density at radius 2 is 1.72 bits per heavy atom. The number of benzene rings is 2. The molecule has 0 amide bonds. The van der Waals surface area contributed by atoms with E-state index < -0.39 is 0 Å². The number of aryl methyl sites for hydroxylation is 2. The Labute approximate surface area is 110 Å². The first-order chi connectivity index (χ1) is 8.72. The van der Waals surface area contributed by atoms with E-state index in [1.54, 1.807) is 0 Å². The van der Waals surface area contributed by atoms with Crippen molar-refractivity contribution < 1.29 is 0 Å². The molecule has 0 heterocycles. The predicted octanol–water partition coefficient (Wildman–Crippen LogP) is 4.73. The fraction of sp³-hybridized carbons (Fsp3) is 0.294. The molecule has 0 aromatic heterocycles. The van der Waals surface area contributed by atoms with Crippen LogP contribution >= 0.6 is 0 Å². The molecule has 0 saturated carbocycles. The molecule has 0 bridgehead atoms. The summed E-state index contributed by atoms with van der Waals surface area (Å²) in [4.78, 5) is 0. The summed E-state index contributed by atoms with van der Waals surface area (Å²) in [5, 5.41) is 3.65. The summed E-state index contributed by atoms with van der Waals surface area (Å²) in [7, 11) is 0. The van der Waals surface area contributed by atoms with Gasteiger partial charge in [0.1, 0.15) is 0 Å². The topological polar surface area (TPSA) is 12.0 Å². The first kappa shape index (κ1) is 12.7. The minimum Gasteiger partial charge on any atom is -0.378 e. The van der Waals surface area contributed by atoms with Gasteiger partial charge < -0.3 is 5.32 Å². The Bertz CT molecular complexity index is 502. The summed E-state index contributed by atoms with van der Waals surface area (Å²) >= 11 is 0. The summed E-state index contributed by atoms with van der Waals surface area (Å²) < 4.78 is 0. The zero-order chi connectivity index (χ0) is 13.0. The number of anilines is 1. The van der Waals surface area contributed by atoms with Gasteiger partial charge in [-0.25, -0.2) is 0 Å². The largest absolute Gasteiger partial charge is 0.378 e. The summed E-state index contributed by atoms with van der Waals surface area (Å²) in [6.45, 7) is 6.58. The van der Waals surface area contributed by atoms with Gasteiger partial charge in [0.05, 0.1) is 0 Å². The Kier molecular flexibility index (Phi) is 4.03. The van der Waals surface area contributed by atoms with E-state index in [1.807, 2.05) is 0 Å². The summed E-state index contributed by atoms with van der Waals surface area (Å²) in [5.74, 6) is 0. The number of para-hydroxylation sites is 1. The smallest absolute Gasteiger partial charge is 0.0485 e. The van der Waals surface area contributed by atoms with Crippen LogP contribution in [0.25, 0.3) is 0 Å². The summed E-state index contributed by atoms with van der Waals surface area (Å²) in [6, 6.07) is 17.4. The van der Waals surface area contributed by atoms with Gasteiger partial charge in [-0.15, -0.1) is 0 Å². The van der Waals surface area contributed by atoms with Gasteiger partial charge in [-0.3, -0.25) is 0 Å². The SMILES string of the molecule is CCc1cccc(C)c1NC(C)c1ccccc1. The fourth-order valence-electron chi connectivity index (χ4n) is 2.27. The lowest BCUT2D eigenvalue weighted by molar-refractivity contribution is 0.877. The monoisotopic (exact) mass is 239 g/mol. The van der Waals surface area contributed by atoms with Crippen molar-refractivity contribution in [3.05, 3.63) is 65.2 Å². The molecule has 1 atom stereocenters. The van der Waals surface area contributed by atoms with E-state index in [4.69, 9.17) is 0 Å². The lowest BCUT2D eigenvalue weighted by Crippen LogP contribution is -2.09. The molecular formula is C17H21N. The zero-order valence-electron chi connectivity index (χ0n) is 11.4. The van der Waals surface area contributed by atoms with Gasteiger partial charge in [0.2, 0.25) is 0 Å². The van der Waals surface area contributed by atoms with Crippen LogP contribution in [0.3, 0.4) is 0 Å². The summed E-state index contributed by atoms with van der Waals surface area (Å²) in [5.41, 5.74) is 5.31. The van der Waals surface area contributed by atoms with Crippen LogP contribution in [-0.2, 0) is 6.42 Å². The summed E-state index contributed by atoms with van der Waals surface area (Å²) in [6.07, 6.45) is 1.06. The number of hydrogen-bond donors (Lipinski definition) is 1. The predicted molar refractivity (Wildman–Crippen MR) is 79.0 cm³/mol. The van der Waals surface area contributed by atoms with E-state index in [0.717, 1.165) is 6.42 Å². The quantitative estimate of drug-likeness (QED) is 0.813. The average Bonchev–Trinajstić information content (AvgIpc) is 2.42. The van der Waals surface area contributed by atoms with Crippen LogP contribution in [0.5, 0.6) is 0 Å². The van der Waals surface area contributed by atoms with Crippen molar-refractivity contribution in [3.8, 4) is 0 Å². The average molecular weight is 239 g/mol. The molecule has 1 unspecified atom stereocenters. The van der Waals surface area contributed by atoms with Crippen molar-refractivity contribution in [2.24, 2.45) is 0 Å². The van der Waals surface area contributed by atoms with Crippen LogP contribution in [0.4, 0.5) is 5.69 Å². The number of nitrogens with one attached hydrogen (secondary N) is 1. The van der Waals surface area contributed by atoms with Crippen LogP contribution in [0.1, 0.15) is 36.6 Å².